The predicted molar refractivity (Wildman–Crippen MR) is 46.9 cm³/mol. The Hall–Kier alpha value is -0.900. The molecular formula is C9H14N2O2. The molecule has 2 rings (SSSR count). The van der Waals surface area contributed by atoms with Gasteiger partial charge < -0.3 is 5.32 Å². The van der Waals surface area contributed by atoms with E-state index in [1.165, 1.54) is 12.8 Å². The van der Waals surface area contributed by atoms with Crippen LogP contribution in [0, 0.1) is 5.41 Å². The Morgan fingerprint density at radius 2 is 2.23 bits per heavy atom. The van der Waals surface area contributed by atoms with Crippen LogP contribution in [0.4, 0.5) is 0 Å². The molecule has 0 aromatic carbocycles. The standard InChI is InChI=1S/C9H14N2O2/c1-9(2-3-9)5-10-6-4-7(12)11-8(6)13/h6,10H,2-5H2,1H3,(H,11,12,13). The van der Waals surface area contributed by atoms with E-state index in [-0.39, 0.29) is 17.9 Å². The highest BCUT2D eigenvalue weighted by Gasteiger charge is 2.39. The lowest BCUT2D eigenvalue weighted by molar-refractivity contribution is -0.125. The van der Waals surface area contributed by atoms with Crippen LogP contribution in [0.5, 0.6) is 0 Å². The van der Waals surface area contributed by atoms with E-state index in [0.717, 1.165) is 6.54 Å². The maximum atomic E-state index is 11.1. The second kappa shape index (κ2) is 2.80. The van der Waals surface area contributed by atoms with Crippen LogP contribution in [0.25, 0.3) is 0 Å². The smallest absolute Gasteiger partial charge is 0.244 e. The molecular weight excluding hydrogens is 168 g/mol. The van der Waals surface area contributed by atoms with Crippen LogP contribution in [0.2, 0.25) is 0 Å². The molecule has 2 aliphatic rings. The minimum absolute atomic E-state index is 0.163. The molecule has 2 N–H and O–H groups in total. The zero-order chi connectivity index (χ0) is 9.47. The molecule has 1 heterocycles. The summed E-state index contributed by atoms with van der Waals surface area (Å²) in [5.41, 5.74) is 0.381. The van der Waals surface area contributed by atoms with E-state index in [2.05, 4.69) is 17.6 Å². The van der Waals surface area contributed by atoms with Crippen molar-refractivity contribution in [1.82, 2.24) is 10.6 Å². The van der Waals surface area contributed by atoms with E-state index in [1.807, 2.05) is 0 Å². The van der Waals surface area contributed by atoms with Gasteiger partial charge in [0.15, 0.2) is 0 Å². The van der Waals surface area contributed by atoms with E-state index < -0.39 is 0 Å². The van der Waals surface area contributed by atoms with Crippen LogP contribution in [0.15, 0.2) is 0 Å². The van der Waals surface area contributed by atoms with Crippen molar-refractivity contribution >= 4 is 11.8 Å². The quantitative estimate of drug-likeness (QED) is 0.594. The third-order valence-corrected chi connectivity index (χ3v) is 2.85. The number of amides is 2. The van der Waals surface area contributed by atoms with Gasteiger partial charge in [0.25, 0.3) is 0 Å². The third-order valence-electron chi connectivity index (χ3n) is 2.85. The summed E-state index contributed by atoms with van der Waals surface area (Å²) >= 11 is 0. The Labute approximate surface area is 77.1 Å². The molecule has 72 valence electrons. The van der Waals surface area contributed by atoms with Crippen LogP contribution in [-0.2, 0) is 9.59 Å². The van der Waals surface area contributed by atoms with Gasteiger partial charge in [0.2, 0.25) is 11.8 Å². The summed E-state index contributed by atoms with van der Waals surface area (Å²) in [5, 5.41) is 5.41. The number of carbonyl (C=O) groups is 2. The highest BCUT2D eigenvalue weighted by Crippen LogP contribution is 2.44. The summed E-state index contributed by atoms with van der Waals surface area (Å²) in [6.07, 6.45) is 2.75. The zero-order valence-corrected chi connectivity index (χ0v) is 7.72. The van der Waals surface area contributed by atoms with Crippen molar-refractivity contribution in [3.8, 4) is 0 Å². The van der Waals surface area contributed by atoms with Gasteiger partial charge in [-0.3, -0.25) is 14.9 Å². The van der Waals surface area contributed by atoms with Crippen molar-refractivity contribution in [2.45, 2.75) is 32.2 Å². The fourth-order valence-corrected chi connectivity index (χ4v) is 1.48. The second-order valence-corrected chi connectivity index (χ2v) is 4.36. The van der Waals surface area contributed by atoms with Crippen LogP contribution in [0.1, 0.15) is 26.2 Å². The zero-order valence-electron chi connectivity index (χ0n) is 7.72. The van der Waals surface area contributed by atoms with Gasteiger partial charge in [0.05, 0.1) is 12.5 Å². The van der Waals surface area contributed by atoms with Crippen molar-refractivity contribution in [1.29, 1.82) is 0 Å². The van der Waals surface area contributed by atoms with Gasteiger partial charge in [-0.15, -0.1) is 0 Å². The SMILES string of the molecule is CC1(CNC2CC(=O)NC2=O)CC1. The third kappa shape index (κ3) is 1.88. The Morgan fingerprint density at radius 3 is 2.69 bits per heavy atom. The lowest BCUT2D eigenvalue weighted by Gasteiger charge is -2.12. The molecule has 1 atom stereocenters. The molecule has 1 aliphatic heterocycles. The van der Waals surface area contributed by atoms with Gasteiger partial charge in [-0.1, -0.05) is 6.92 Å². The molecule has 0 aromatic rings. The molecule has 1 saturated heterocycles. The van der Waals surface area contributed by atoms with Gasteiger partial charge >= 0.3 is 0 Å². The molecule has 4 nitrogen and oxygen atoms in total. The monoisotopic (exact) mass is 182 g/mol. The van der Waals surface area contributed by atoms with Crippen molar-refractivity contribution in [3.63, 3.8) is 0 Å². The normalized spacial score (nSPS) is 30.4. The first-order valence-corrected chi connectivity index (χ1v) is 4.66. The molecule has 0 aromatic heterocycles. The first kappa shape index (κ1) is 8.69. The van der Waals surface area contributed by atoms with E-state index in [4.69, 9.17) is 0 Å². The molecule has 1 aliphatic carbocycles. The van der Waals surface area contributed by atoms with Gasteiger partial charge in [-0.05, 0) is 18.3 Å². The van der Waals surface area contributed by atoms with Crippen molar-refractivity contribution < 1.29 is 9.59 Å². The van der Waals surface area contributed by atoms with E-state index >= 15 is 0 Å². The van der Waals surface area contributed by atoms with Gasteiger partial charge in [-0.25, -0.2) is 0 Å². The molecule has 0 bridgehead atoms. The molecule has 1 saturated carbocycles. The Bertz CT molecular complexity index is 258. The molecule has 13 heavy (non-hydrogen) atoms. The molecule has 0 radical (unpaired) electrons. The summed E-state index contributed by atoms with van der Waals surface area (Å²) < 4.78 is 0. The fourth-order valence-electron chi connectivity index (χ4n) is 1.48. The van der Waals surface area contributed by atoms with Crippen LogP contribution >= 0.6 is 0 Å². The number of nitrogens with one attached hydrogen (secondary N) is 2. The maximum absolute atomic E-state index is 11.1. The lowest BCUT2D eigenvalue weighted by Crippen LogP contribution is -2.38. The topological polar surface area (TPSA) is 58.2 Å². The second-order valence-electron chi connectivity index (χ2n) is 4.36. The first-order chi connectivity index (χ1) is 6.09. The highest BCUT2D eigenvalue weighted by molar-refractivity contribution is 6.05. The average molecular weight is 182 g/mol. The average Bonchev–Trinajstić information content (AvgIpc) is 2.69. The van der Waals surface area contributed by atoms with Gasteiger partial charge in [0.1, 0.15) is 0 Å². The van der Waals surface area contributed by atoms with Gasteiger partial charge in [-0.2, -0.15) is 0 Å². The van der Waals surface area contributed by atoms with Gasteiger partial charge in [0, 0.05) is 6.54 Å². The Kier molecular flexibility index (Phi) is 1.87. The first-order valence-electron chi connectivity index (χ1n) is 4.66. The van der Waals surface area contributed by atoms with Crippen molar-refractivity contribution in [3.05, 3.63) is 0 Å². The predicted octanol–water partition coefficient (Wildman–Crippen LogP) is -0.209. The molecule has 0 spiro atoms. The van der Waals surface area contributed by atoms with Crippen LogP contribution in [-0.4, -0.2) is 24.4 Å². The lowest BCUT2D eigenvalue weighted by atomic mass is 10.1. The maximum Gasteiger partial charge on any atom is 0.244 e. The largest absolute Gasteiger partial charge is 0.305 e. The summed E-state index contributed by atoms with van der Waals surface area (Å²) in [5.74, 6) is -0.335. The highest BCUT2D eigenvalue weighted by atomic mass is 16.2. The summed E-state index contributed by atoms with van der Waals surface area (Å²) in [6.45, 7) is 3.03. The summed E-state index contributed by atoms with van der Waals surface area (Å²) in [7, 11) is 0. The van der Waals surface area contributed by atoms with Crippen molar-refractivity contribution in [2.75, 3.05) is 6.54 Å². The number of hydrogen-bond acceptors (Lipinski definition) is 3. The Morgan fingerprint density at radius 1 is 1.54 bits per heavy atom. The Balaban J connectivity index is 1.81. The molecule has 2 fully saturated rings. The summed E-state index contributed by atoms with van der Waals surface area (Å²) in [6, 6.07) is -0.287. The number of imide groups is 1. The molecule has 4 heteroatoms. The van der Waals surface area contributed by atoms with E-state index in [0.29, 0.717) is 11.8 Å². The van der Waals surface area contributed by atoms with E-state index in [9.17, 15) is 9.59 Å². The van der Waals surface area contributed by atoms with Crippen LogP contribution < -0.4 is 10.6 Å². The minimum Gasteiger partial charge on any atom is -0.305 e. The molecule has 1 unspecified atom stereocenters. The fraction of sp³-hybridized carbons (Fsp3) is 0.778. The molecule has 2 amide bonds. The van der Waals surface area contributed by atoms with Crippen molar-refractivity contribution in [2.24, 2.45) is 5.41 Å². The minimum atomic E-state index is -0.287. The van der Waals surface area contributed by atoms with Crippen LogP contribution in [0.3, 0.4) is 0 Å². The van der Waals surface area contributed by atoms with E-state index in [1.54, 1.807) is 0 Å². The number of rotatable bonds is 3. The number of carbonyl (C=O) groups excluding carboxylic acids is 2. The summed E-state index contributed by atoms with van der Waals surface area (Å²) in [4.78, 5) is 22.0. The number of hydrogen-bond donors (Lipinski definition) is 2.